The maximum Gasteiger partial charge on any atom is 0.265 e. The smallest absolute Gasteiger partial charge is 0.265 e. The van der Waals surface area contributed by atoms with Crippen LogP contribution >= 0.6 is 11.6 Å². The number of carbonyl (C=O) groups is 1. The maximum absolute atomic E-state index is 14.6. The minimum atomic E-state index is -3.98. The normalized spacial score (nSPS) is 15.5. The molecule has 0 aliphatic carbocycles. The first-order valence-electron chi connectivity index (χ1n) is 11.1. The number of fused-ring (bicyclic) bond motifs is 1. The predicted octanol–water partition coefficient (Wildman–Crippen LogP) is 5.08. The Labute approximate surface area is 203 Å². The lowest BCUT2D eigenvalue weighted by atomic mass is 10.2. The second kappa shape index (κ2) is 8.92. The molecule has 0 saturated carbocycles. The van der Waals surface area contributed by atoms with Gasteiger partial charge >= 0.3 is 0 Å². The van der Waals surface area contributed by atoms with Gasteiger partial charge in [0.1, 0.15) is 10.7 Å². The molecule has 176 valence electrons. The molecule has 9 heteroatoms. The van der Waals surface area contributed by atoms with Crippen molar-refractivity contribution in [3.63, 3.8) is 0 Å². The number of anilines is 3. The summed E-state index contributed by atoms with van der Waals surface area (Å²) < 4.78 is 42.8. The molecular weight excluding hydrogens is 477 g/mol. The first kappa shape index (κ1) is 22.7. The summed E-state index contributed by atoms with van der Waals surface area (Å²) in [4.78, 5) is 14.7. The molecule has 34 heavy (non-hydrogen) atoms. The highest BCUT2D eigenvalue weighted by Crippen LogP contribution is 2.35. The number of sulfonamides is 1. The molecule has 2 heterocycles. The van der Waals surface area contributed by atoms with E-state index in [1.54, 1.807) is 24.3 Å². The quantitative estimate of drug-likeness (QED) is 0.531. The molecule has 0 unspecified atom stereocenters. The Morgan fingerprint density at radius 1 is 0.941 bits per heavy atom. The van der Waals surface area contributed by atoms with E-state index in [1.165, 1.54) is 28.6 Å². The van der Waals surface area contributed by atoms with E-state index in [4.69, 9.17) is 11.6 Å². The van der Waals surface area contributed by atoms with Crippen molar-refractivity contribution in [2.75, 3.05) is 34.2 Å². The Morgan fingerprint density at radius 3 is 2.47 bits per heavy atom. The number of benzene rings is 3. The second-order valence-corrected chi connectivity index (χ2v) is 10.7. The van der Waals surface area contributed by atoms with E-state index in [9.17, 15) is 17.6 Å². The van der Waals surface area contributed by atoms with Crippen LogP contribution in [0.5, 0.6) is 0 Å². The van der Waals surface area contributed by atoms with Gasteiger partial charge in [-0.1, -0.05) is 29.8 Å². The Bertz CT molecular complexity index is 1370. The van der Waals surface area contributed by atoms with Gasteiger partial charge in [-0.2, -0.15) is 0 Å². The molecule has 1 saturated heterocycles. The highest BCUT2D eigenvalue weighted by Gasteiger charge is 2.32. The fourth-order valence-electron chi connectivity index (χ4n) is 4.52. The van der Waals surface area contributed by atoms with Crippen LogP contribution in [0.25, 0.3) is 0 Å². The molecule has 2 aliphatic rings. The number of para-hydroxylation sites is 1. The summed E-state index contributed by atoms with van der Waals surface area (Å²) in [7, 11) is -3.98. The summed E-state index contributed by atoms with van der Waals surface area (Å²) in [5, 5.41) is 2.68. The lowest BCUT2D eigenvalue weighted by molar-refractivity contribution is 0.102. The fourth-order valence-corrected chi connectivity index (χ4v) is 6.53. The lowest BCUT2D eigenvalue weighted by Gasteiger charge is -2.21. The molecule has 3 aromatic carbocycles. The van der Waals surface area contributed by atoms with Crippen molar-refractivity contribution in [3.05, 3.63) is 82.6 Å². The van der Waals surface area contributed by atoms with Crippen LogP contribution in [-0.4, -0.2) is 34.0 Å². The zero-order chi connectivity index (χ0) is 23.9. The van der Waals surface area contributed by atoms with E-state index in [0.717, 1.165) is 31.5 Å². The standard InChI is InChI=1S/C25H23ClFN3O3S/c26-20-9-7-18(15-24(20)34(32,33)30-14-11-17-5-1-2-6-22(17)30)25(31)28-19-8-10-23(21(27)16-19)29-12-3-4-13-29/h1-2,5-10,15-16H,3-4,11-14H2,(H,28,31). The van der Waals surface area contributed by atoms with E-state index in [2.05, 4.69) is 5.32 Å². The van der Waals surface area contributed by atoms with Gasteiger partial charge in [-0.25, -0.2) is 12.8 Å². The van der Waals surface area contributed by atoms with Gasteiger partial charge in [0, 0.05) is 30.9 Å². The van der Waals surface area contributed by atoms with E-state index in [0.29, 0.717) is 30.0 Å². The zero-order valence-electron chi connectivity index (χ0n) is 18.3. The summed E-state index contributed by atoms with van der Waals surface area (Å²) in [6.07, 6.45) is 2.66. The van der Waals surface area contributed by atoms with Gasteiger partial charge in [0.25, 0.3) is 15.9 Å². The van der Waals surface area contributed by atoms with Crippen molar-refractivity contribution in [1.29, 1.82) is 0 Å². The van der Waals surface area contributed by atoms with Gasteiger partial charge in [0.15, 0.2) is 0 Å². The van der Waals surface area contributed by atoms with E-state index < -0.39 is 21.7 Å². The van der Waals surface area contributed by atoms with Crippen LogP contribution < -0.4 is 14.5 Å². The highest BCUT2D eigenvalue weighted by atomic mass is 35.5. The summed E-state index contributed by atoms with van der Waals surface area (Å²) in [5.41, 5.74) is 2.47. The molecule has 3 aromatic rings. The fraction of sp³-hybridized carbons (Fsp3) is 0.240. The first-order chi connectivity index (χ1) is 16.3. The van der Waals surface area contributed by atoms with Gasteiger partial charge < -0.3 is 10.2 Å². The highest BCUT2D eigenvalue weighted by molar-refractivity contribution is 7.93. The summed E-state index contributed by atoms with van der Waals surface area (Å²) in [6.45, 7) is 1.93. The number of carbonyl (C=O) groups excluding carboxylic acids is 1. The molecule has 2 aliphatic heterocycles. The van der Waals surface area contributed by atoms with Crippen LogP contribution in [0.3, 0.4) is 0 Å². The lowest BCUT2D eigenvalue weighted by Crippen LogP contribution is -2.29. The van der Waals surface area contributed by atoms with Crippen molar-refractivity contribution in [1.82, 2.24) is 0 Å². The Balaban J connectivity index is 1.39. The van der Waals surface area contributed by atoms with Crippen molar-refractivity contribution < 1.29 is 17.6 Å². The maximum atomic E-state index is 14.6. The third-order valence-corrected chi connectivity index (χ3v) is 8.55. The Kier molecular flexibility index (Phi) is 5.95. The molecule has 5 rings (SSSR count). The molecular formula is C25H23ClFN3O3S. The molecule has 0 spiro atoms. The van der Waals surface area contributed by atoms with Gasteiger partial charge in [-0.05, 0) is 67.3 Å². The van der Waals surface area contributed by atoms with Crippen molar-refractivity contribution in [2.45, 2.75) is 24.2 Å². The number of hydrogen-bond donors (Lipinski definition) is 1. The van der Waals surface area contributed by atoms with Crippen LogP contribution in [-0.2, 0) is 16.4 Å². The number of halogens is 2. The summed E-state index contributed by atoms with van der Waals surface area (Å²) in [6, 6.07) is 16.0. The van der Waals surface area contributed by atoms with Crippen molar-refractivity contribution in [3.8, 4) is 0 Å². The van der Waals surface area contributed by atoms with E-state index in [-0.39, 0.29) is 15.5 Å². The van der Waals surface area contributed by atoms with Crippen LogP contribution in [0.2, 0.25) is 5.02 Å². The molecule has 0 bridgehead atoms. The van der Waals surface area contributed by atoms with Gasteiger partial charge in [-0.3, -0.25) is 9.10 Å². The van der Waals surface area contributed by atoms with Crippen LogP contribution in [0, 0.1) is 5.82 Å². The molecule has 6 nitrogen and oxygen atoms in total. The number of nitrogens with one attached hydrogen (secondary N) is 1. The predicted molar refractivity (Wildman–Crippen MR) is 132 cm³/mol. The SMILES string of the molecule is O=C(Nc1ccc(N2CCCC2)c(F)c1)c1ccc(Cl)c(S(=O)(=O)N2CCc3ccccc32)c1. The third kappa shape index (κ3) is 4.12. The molecule has 0 atom stereocenters. The molecule has 0 radical (unpaired) electrons. The summed E-state index contributed by atoms with van der Waals surface area (Å²) in [5.74, 6) is -0.963. The van der Waals surface area contributed by atoms with Crippen molar-refractivity contribution in [2.24, 2.45) is 0 Å². The molecule has 1 fully saturated rings. The molecule has 1 N–H and O–H groups in total. The number of hydrogen-bond acceptors (Lipinski definition) is 4. The van der Waals surface area contributed by atoms with Crippen LogP contribution in [0.4, 0.5) is 21.5 Å². The summed E-state index contributed by atoms with van der Waals surface area (Å²) >= 11 is 6.26. The number of rotatable bonds is 5. The van der Waals surface area contributed by atoms with Crippen LogP contribution in [0.1, 0.15) is 28.8 Å². The van der Waals surface area contributed by atoms with Gasteiger partial charge in [0.2, 0.25) is 0 Å². The Hall–Kier alpha value is -3.10. The van der Waals surface area contributed by atoms with E-state index in [1.807, 2.05) is 17.0 Å². The monoisotopic (exact) mass is 499 g/mol. The first-order valence-corrected chi connectivity index (χ1v) is 12.9. The second-order valence-electron chi connectivity index (χ2n) is 8.42. The topological polar surface area (TPSA) is 69.7 Å². The average molecular weight is 500 g/mol. The average Bonchev–Trinajstić information content (AvgIpc) is 3.50. The van der Waals surface area contributed by atoms with E-state index >= 15 is 0 Å². The largest absolute Gasteiger partial charge is 0.369 e. The molecule has 0 aromatic heterocycles. The molecule has 1 amide bonds. The number of amides is 1. The third-order valence-electron chi connectivity index (χ3n) is 6.26. The van der Waals surface area contributed by atoms with Crippen molar-refractivity contribution >= 4 is 44.6 Å². The van der Waals surface area contributed by atoms with Gasteiger partial charge in [-0.15, -0.1) is 0 Å². The minimum absolute atomic E-state index is 0.0296. The number of nitrogens with zero attached hydrogens (tertiary/aromatic N) is 2. The minimum Gasteiger partial charge on any atom is -0.369 e. The van der Waals surface area contributed by atoms with Crippen LogP contribution in [0.15, 0.2) is 65.6 Å². The Morgan fingerprint density at radius 2 is 1.71 bits per heavy atom. The zero-order valence-corrected chi connectivity index (χ0v) is 19.9. The van der Waals surface area contributed by atoms with Gasteiger partial charge in [0.05, 0.1) is 16.4 Å².